The number of esters is 1. The second-order valence-electron chi connectivity index (χ2n) is 8.26. The van der Waals surface area contributed by atoms with Crippen LogP contribution in [-0.4, -0.2) is 30.1 Å². The lowest BCUT2D eigenvalue weighted by Crippen LogP contribution is -2.20. The molecule has 0 radical (unpaired) electrons. The monoisotopic (exact) mass is 465 g/mol. The topological polar surface area (TPSA) is 105 Å². The quantitative estimate of drug-likeness (QED) is 0.362. The van der Waals surface area contributed by atoms with Gasteiger partial charge in [-0.25, -0.2) is 9.78 Å². The number of aromatic nitrogens is 5. The Morgan fingerprint density at radius 3 is 2.71 bits per heavy atom. The molecule has 0 bridgehead atoms. The highest BCUT2D eigenvalue weighted by molar-refractivity contribution is 6.04. The minimum absolute atomic E-state index is 0.131. The van der Waals surface area contributed by atoms with Crippen LogP contribution >= 0.6 is 0 Å². The predicted octanol–water partition coefficient (Wildman–Crippen LogP) is 4.05. The standard InChI is InChI=1S/C26H19N5O4/c1-15-9-10-21-18(12-15)24(32)30(2)26-29-28-23(31(21)26)14-35-25(33)17-13-20(22-8-5-11-34-22)27-19-7-4-3-6-16(17)19/h3-13H,14H2,1-2H3. The van der Waals surface area contributed by atoms with Crippen LogP contribution in [0.4, 0.5) is 0 Å². The van der Waals surface area contributed by atoms with Crippen LogP contribution in [-0.2, 0) is 18.4 Å². The van der Waals surface area contributed by atoms with Crippen LogP contribution in [0, 0.1) is 6.92 Å². The molecule has 4 aromatic heterocycles. The summed E-state index contributed by atoms with van der Waals surface area (Å²) in [6.45, 7) is 1.79. The number of fused-ring (bicyclic) bond motifs is 4. The molecule has 0 aliphatic carbocycles. The van der Waals surface area contributed by atoms with Crippen LogP contribution in [0.15, 0.2) is 76.1 Å². The summed E-state index contributed by atoms with van der Waals surface area (Å²) in [6.07, 6.45) is 1.56. The van der Waals surface area contributed by atoms with Gasteiger partial charge in [-0.15, -0.1) is 10.2 Å². The van der Waals surface area contributed by atoms with E-state index < -0.39 is 5.97 Å². The van der Waals surface area contributed by atoms with Crippen LogP contribution in [0.25, 0.3) is 39.0 Å². The van der Waals surface area contributed by atoms with Crippen molar-refractivity contribution in [1.82, 2.24) is 24.1 Å². The third-order valence-corrected chi connectivity index (χ3v) is 5.98. The van der Waals surface area contributed by atoms with Gasteiger partial charge in [-0.05, 0) is 43.3 Å². The summed E-state index contributed by atoms with van der Waals surface area (Å²) in [7, 11) is 1.64. The lowest BCUT2D eigenvalue weighted by molar-refractivity contribution is 0.0464. The third-order valence-electron chi connectivity index (χ3n) is 5.98. The first-order valence-electron chi connectivity index (χ1n) is 11.0. The van der Waals surface area contributed by atoms with Crippen molar-refractivity contribution in [1.29, 1.82) is 0 Å². The van der Waals surface area contributed by atoms with E-state index in [1.54, 1.807) is 35.9 Å². The molecule has 6 aromatic rings. The van der Waals surface area contributed by atoms with E-state index in [2.05, 4.69) is 15.2 Å². The predicted molar refractivity (Wildman–Crippen MR) is 129 cm³/mol. The molecule has 0 aliphatic heterocycles. The smallest absolute Gasteiger partial charge is 0.339 e. The van der Waals surface area contributed by atoms with Crippen molar-refractivity contribution in [2.24, 2.45) is 7.05 Å². The van der Waals surface area contributed by atoms with Gasteiger partial charge in [0.1, 0.15) is 5.69 Å². The molecule has 9 heteroatoms. The number of carbonyl (C=O) groups is 1. The highest BCUT2D eigenvalue weighted by Gasteiger charge is 2.19. The summed E-state index contributed by atoms with van der Waals surface area (Å²) in [6, 6.07) is 18.1. The molecule has 0 atom stereocenters. The molecule has 0 spiro atoms. The van der Waals surface area contributed by atoms with E-state index in [1.807, 2.05) is 49.4 Å². The van der Waals surface area contributed by atoms with Crippen molar-refractivity contribution in [3.8, 4) is 11.5 Å². The van der Waals surface area contributed by atoms with Crippen LogP contribution < -0.4 is 5.56 Å². The Morgan fingerprint density at radius 2 is 1.89 bits per heavy atom. The number of aryl methyl sites for hydroxylation is 2. The van der Waals surface area contributed by atoms with Gasteiger partial charge in [0, 0.05) is 12.4 Å². The largest absolute Gasteiger partial charge is 0.463 e. The normalized spacial score (nSPS) is 11.5. The molecule has 0 N–H and O–H groups in total. The van der Waals surface area contributed by atoms with Gasteiger partial charge in [0.15, 0.2) is 18.2 Å². The Kier molecular flexibility index (Phi) is 4.70. The summed E-state index contributed by atoms with van der Waals surface area (Å²) < 4.78 is 14.3. The molecule has 2 aromatic carbocycles. The molecule has 172 valence electrons. The molecule has 9 nitrogen and oxygen atoms in total. The number of nitrogens with zero attached hydrogens (tertiary/aromatic N) is 5. The molecular formula is C26H19N5O4. The summed E-state index contributed by atoms with van der Waals surface area (Å²) in [4.78, 5) is 30.6. The highest BCUT2D eigenvalue weighted by Crippen LogP contribution is 2.26. The summed E-state index contributed by atoms with van der Waals surface area (Å²) in [5, 5.41) is 9.57. The number of pyridine rings is 1. The number of carbonyl (C=O) groups excluding carboxylic acids is 1. The van der Waals surface area contributed by atoms with Crippen molar-refractivity contribution < 1.29 is 13.9 Å². The molecule has 4 heterocycles. The number of para-hydroxylation sites is 1. The number of hydrogen-bond acceptors (Lipinski definition) is 7. The first-order valence-corrected chi connectivity index (χ1v) is 11.0. The van der Waals surface area contributed by atoms with E-state index in [-0.39, 0.29) is 12.2 Å². The minimum Gasteiger partial charge on any atom is -0.463 e. The van der Waals surface area contributed by atoms with Gasteiger partial charge in [-0.3, -0.25) is 13.8 Å². The van der Waals surface area contributed by atoms with Gasteiger partial charge in [0.05, 0.1) is 28.2 Å². The molecule has 35 heavy (non-hydrogen) atoms. The van der Waals surface area contributed by atoms with E-state index in [9.17, 15) is 9.59 Å². The first-order chi connectivity index (χ1) is 17.0. The van der Waals surface area contributed by atoms with Crippen LogP contribution in [0.5, 0.6) is 0 Å². The zero-order chi connectivity index (χ0) is 24.1. The van der Waals surface area contributed by atoms with Crippen molar-refractivity contribution in [2.45, 2.75) is 13.5 Å². The molecular weight excluding hydrogens is 446 g/mol. The van der Waals surface area contributed by atoms with Crippen molar-refractivity contribution in [3.05, 3.63) is 94.2 Å². The minimum atomic E-state index is -0.530. The van der Waals surface area contributed by atoms with E-state index in [4.69, 9.17) is 9.15 Å². The fraction of sp³-hybridized carbons (Fsp3) is 0.115. The van der Waals surface area contributed by atoms with E-state index in [0.29, 0.717) is 50.4 Å². The molecule has 0 saturated heterocycles. The van der Waals surface area contributed by atoms with Gasteiger partial charge < -0.3 is 9.15 Å². The van der Waals surface area contributed by atoms with Crippen LogP contribution in [0.2, 0.25) is 0 Å². The summed E-state index contributed by atoms with van der Waals surface area (Å²) >= 11 is 0. The molecule has 0 aliphatic rings. The fourth-order valence-corrected chi connectivity index (χ4v) is 4.25. The first kappa shape index (κ1) is 20.8. The Labute approximate surface area is 198 Å². The Hall–Kier alpha value is -4.79. The summed E-state index contributed by atoms with van der Waals surface area (Å²) in [5.74, 6) is 0.795. The van der Waals surface area contributed by atoms with E-state index >= 15 is 0 Å². The number of hydrogen-bond donors (Lipinski definition) is 0. The Bertz CT molecular complexity index is 1820. The molecule has 6 rings (SSSR count). The molecule has 0 saturated carbocycles. The highest BCUT2D eigenvalue weighted by atomic mass is 16.5. The van der Waals surface area contributed by atoms with Crippen molar-refractivity contribution in [3.63, 3.8) is 0 Å². The van der Waals surface area contributed by atoms with Gasteiger partial charge in [-0.2, -0.15) is 0 Å². The lowest BCUT2D eigenvalue weighted by Gasteiger charge is -2.10. The second kappa shape index (κ2) is 7.91. The Balaban J connectivity index is 1.41. The van der Waals surface area contributed by atoms with E-state index in [0.717, 1.165) is 5.56 Å². The van der Waals surface area contributed by atoms with Gasteiger partial charge >= 0.3 is 5.97 Å². The second-order valence-corrected chi connectivity index (χ2v) is 8.26. The van der Waals surface area contributed by atoms with Crippen molar-refractivity contribution in [2.75, 3.05) is 0 Å². The van der Waals surface area contributed by atoms with Crippen LogP contribution in [0.1, 0.15) is 21.7 Å². The van der Waals surface area contributed by atoms with Gasteiger partial charge in [0.25, 0.3) is 5.56 Å². The zero-order valence-electron chi connectivity index (χ0n) is 18.9. The maximum atomic E-state index is 13.2. The zero-order valence-corrected chi connectivity index (χ0v) is 18.9. The molecule has 0 amide bonds. The Morgan fingerprint density at radius 1 is 1.03 bits per heavy atom. The molecule has 0 unspecified atom stereocenters. The van der Waals surface area contributed by atoms with E-state index in [1.165, 1.54) is 4.57 Å². The summed E-state index contributed by atoms with van der Waals surface area (Å²) in [5.41, 5.74) is 3.00. The number of furan rings is 1. The molecule has 0 fully saturated rings. The maximum absolute atomic E-state index is 13.2. The SMILES string of the molecule is Cc1ccc2c(c1)c(=O)n(C)c1nnc(COC(=O)c3cc(-c4ccco4)nc4ccccc34)n21. The van der Waals surface area contributed by atoms with Crippen molar-refractivity contribution >= 4 is 33.6 Å². The van der Waals surface area contributed by atoms with Crippen LogP contribution in [0.3, 0.4) is 0 Å². The third kappa shape index (κ3) is 3.36. The van der Waals surface area contributed by atoms with Gasteiger partial charge in [0.2, 0.25) is 5.78 Å². The number of ether oxygens (including phenoxy) is 1. The average molecular weight is 465 g/mol. The van der Waals surface area contributed by atoms with Gasteiger partial charge in [-0.1, -0.05) is 29.8 Å². The average Bonchev–Trinajstić information content (AvgIpc) is 3.56. The lowest BCUT2D eigenvalue weighted by atomic mass is 10.1. The fourth-order valence-electron chi connectivity index (χ4n) is 4.25. The number of rotatable bonds is 4. The number of benzene rings is 2. The maximum Gasteiger partial charge on any atom is 0.339 e.